The number of likely N-dealkylation sites (tertiary alicyclic amines) is 1. The van der Waals surface area contributed by atoms with Crippen molar-refractivity contribution in [1.82, 2.24) is 4.90 Å². The van der Waals surface area contributed by atoms with Gasteiger partial charge in [0.25, 0.3) is 0 Å². The molecule has 3 aliphatic rings. The zero-order valence-electron chi connectivity index (χ0n) is 17.9. The molecule has 1 saturated carbocycles. The van der Waals surface area contributed by atoms with Crippen molar-refractivity contribution in [3.05, 3.63) is 23.3 Å². The molecule has 0 bridgehead atoms. The number of carboxylic acid groups (broad SMARTS) is 1. The lowest BCUT2D eigenvalue weighted by atomic mass is 9.75. The first-order valence-corrected chi connectivity index (χ1v) is 11.3. The number of aliphatic hydroxyl groups is 3. The molecule has 7 atom stereocenters. The van der Waals surface area contributed by atoms with Crippen LogP contribution in [0.3, 0.4) is 0 Å². The van der Waals surface area contributed by atoms with Crippen molar-refractivity contribution in [3.8, 4) is 11.5 Å². The summed E-state index contributed by atoms with van der Waals surface area (Å²) < 4.78 is 5.81. The number of hydrogen-bond acceptors (Lipinski definition) is 7. The Morgan fingerprint density at radius 3 is 2.65 bits per heavy atom. The van der Waals surface area contributed by atoms with Gasteiger partial charge in [-0.15, -0.1) is 0 Å². The lowest BCUT2D eigenvalue weighted by Crippen LogP contribution is -2.57. The first kappa shape index (κ1) is 22.3. The van der Waals surface area contributed by atoms with E-state index in [-0.39, 0.29) is 17.9 Å². The van der Waals surface area contributed by atoms with Gasteiger partial charge in [0.1, 0.15) is 18.3 Å². The van der Waals surface area contributed by atoms with Gasteiger partial charge in [-0.25, -0.2) is 0 Å². The third kappa shape index (κ3) is 4.14. The maximum absolute atomic E-state index is 11.4. The fourth-order valence-corrected chi connectivity index (χ4v) is 5.69. The second-order valence-electron chi connectivity index (χ2n) is 9.27. The number of carbonyl (C=O) groups is 1. The summed E-state index contributed by atoms with van der Waals surface area (Å²) in [6, 6.07) is 4.08. The fraction of sp³-hybridized carbons (Fsp3) is 0.696. The minimum atomic E-state index is -1.63. The van der Waals surface area contributed by atoms with Gasteiger partial charge in [0.2, 0.25) is 0 Å². The quantitative estimate of drug-likeness (QED) is 0.461. The van der Waals surface area contributed by atoms with Crippen LogP contribution < -0.4 is 4.74 Å². The number of nitrogens with zero attached hydrogens (tertiary/aromatic N) is 1. The first-order valence-electron chi connectivity index (χ1n) is 11.3. The molecule has 0 unspecified atom stereocenters. The second-order valence-corrected chi connectivity index (χ2v) is 9.27. The zero-order valence-corrected chi connectivity index (χ0v) is 17.9. The van der Waals surface area contributed by atoms with Crippen molar-refractivity contribution >= 4 is 5.97 Å². The zero-order chi connectivity index (χ0) is 22.3. The summed E-state index contributed by atoms with van der Waals surface area (Å²) in [6.45, 7) is 4.40. The molecule has 1 heterocycles. The van der Waals surface area contributed by atoms with Crippen LogP contribution >= 0.6 is 0 Å². The molecule has 0 amide bonds. The first-order chi connectivity index (χ1) is 14.8. The Morgan fingerprint density at radius 2 is 1.94 bits per heavy atom. The Bertz CT molecular complexity index is 813. The highest BCUT2D eigenvalue weighted by atomic mass is 16.5. The van der Waals surface area contributed by atoms with E-state index in [0.29, 0.717) is 12.0 Å². The molecule has 8 heteroatoms. The maximum Gasteiger partial charge on any atom is 0.309 e. The standard InChI is InChI=1S/C23H33NO7/c1-2-7-24-8-3-4-13-9-14-12(10-16(13)24)5-6-17(19(14)25)31-18-11-15(23(29)30)20(26)22(28)21(18)27/h5-6,13,15-16,18,20-22,25-28H,2-4,7-11H2,1H3,(H,29,30)/t13-,15+,16-,18-,20-,21+,22+/m1/s1. The number of rotatable bonds is 5. The third-order valence-electron chi connectivity index (χ3n) is 7.36. The summed E-state index contributed by atoms with van der Waals surface area (Å²) >= 11 is 0. The number of fused-ring (bicyclic) bond motifs is 2. The summed E-state index contributed by atoms with van der Waals surface area (Å²) in [6.07, 6.45) is -0.829. The van der Waals surface area contributed by atoms with Crippen LogP contribution in [0.15, 0.2) is 12.1 Å². The van der Waals surface area contributed by atoms with Crippen molar-refractivity contribution in [2.24, 2.45) is 11.8 Å². The SMILES string of the molecule is CCCN1CCC[C@@H]2Cc3c(ccc(O[C@@H]4C[C@H](C(=O)O)[C@@H](O)[C@H](O)[C@H]4O)c3O)C[C@H]21. The predicted molar refractivity (Wildman–Crippen MR) is 112 cm³/mol. The number of hydrogen-bond donors (Lipinski definition) is 5. The lowest BCUT2D eigenvalue weighted by Gasteiger charge is -2.45. The molecule has 0 spiro atoms. The average molecular weight is 436 g/mol. The molecule has 8 nitrogen and oxygen atoms in total. The fourth-order valence-electron chi connectivity index (χ4n) is 5.69. The third-order valence-corrected chi connectivity index (χ3v) is 7.36. The van der Waals surface area contributed by atoms with Gasteiger partial charge in [-0.3, -0.25) is 9.69 Å². The molecule has 1 aliphatic heterocycles. The Hall–Kier alpha value is -1.87. The number of benzene rings is 1. The van der Waals surface area contributed by atoms with E-state index in [0.717, 1.165) is 56.3 Å². The largest absolute Gasteiger partial charge is 0.504 e. The number of carboxylic acids is 1. The molecule has 0 aromatic heterocycles. The van der Waals surface area contributed by atoms with Crippen LogP contribution in [-0.4, -0.2) is 79.9 Å². The van der Waals surface area contributed by atoms with Gasteiger partial charge in [-0.2, -0.15) is 0 Å². The van der Waals surface area contributed by atoms with E-state index >= 15 is 0 Å². The number of phenolic OH excluding ortho intramolecular Hbond substituents is 1. The highest BCUT2D eigenvalue weighted by Crippen LogP contribution is 2.43. The van der Waals surface area contributed by atoms with Gasteiger partial charge in [0.15, 0.2) is 11.5 Å². The van der Waals surface area contributed by atoms with E-state index < -0.39 is 36.3 Å². The minimum absolute atomic E-state index is 0.0308. The van der Waals surface area contributed by atoms with Crippen LogP contribution in [0.4, 0.5) is 0 Å². The van der Waals surface area contributed by atoms with Gasteiger partial charge < -0.3 is 30.3 Å². The van der Waals surface area contributed by atoms with E-state index in [1.807, 2.05) is 6.07 Å². The smallest absolute Gasteiger partial charge is 0.309 e. The maximum atomic E-state index is 11.4. The Labute approximate surface area is 182 Å². The predicted octanol–water partition coefficient (Wildman–Crippen LogP) is 0.916. The average Bonchev–Trinajstić information content (AvgIpc) is 2.75. The number of aliphatic hydroxyl groups excluding tert-OH is 3. The molecular formula is C23H33NO7. The highest BCUT2D eigenvalue weighted by molar-refractivity contribution is 5.71. The topological polar surface area (TPSA) is 131 Å². The van der Waals surface area contributed by atoms with E-state index in [1.165, 1.54) is 0 Å². The van der Waals surface area contributed by atoms with Crippen LogP contribution in [0.1, 0.15) is 43.7 Å². The van der Waals surface area contributed by atoms with Gasteiger partial charge >= 0.3 is 5.97 Å². The Morgan fingerprint density at radius 1 is 1.16 bits per heavy atom. The highest BCUT2D eigenvalue weighted by Gasteiger charge is 2.47. The summed E-state index contributed by atoms with van der Waals surface area (Å²) in [7, 11) is 0. The number of aromatic hydroxyl groups is 1. The van der Waals surface area contributed by atoms with E-state index in [1.54, 1.807) is 6.07 Å². The molecule has 0 radical (unpaired) electrons. The van der Waals surface area contributed by atoms with E-state index in [4.69, 9.17) is 4.74 Å². The van der Waals surface area contributed by atoms with Gasteiger partial charge in [0.05, 0.1) is 12.0 Å². The monoisotopic (exact) mass is 435 g/mol. The van der Waals surface area contributed by atoms with Crippen molar-refractivity contribution in [2.75, 3.05) is 13.1 Å². The summed E-state index contributed by atoms with van der Waals surface area (Å²) in [4.78, 5) is 14.0. The van der Waals surface area contributed by atoms with E-state index in [2.05, 4.69) is 11.8 Å². The lowest BCUT2D eigenvalue weighted by molar-refractivity contribution is -0.174. The number of phenols is 1. The molecule has 2 aliphatic carbocycles. The second kappa shape index (κ2) is 8.94. The van der Waals surface area contributed by atoms with Crippen molar-refractivity contribution in [2.45, 2.75) is 75.9 Å². The molecule has 1 aromatic rings. The van der Waals surface area contributed by atoms with Crippen LogP contribution in [-0.2, 0) is 17.6 Å². The molecule has 172 valence electrons. The number of piperidine rings is 1. The Balaban J connectivity index is 1.55. The molecule has 31 heavy (non-hydrogen) atoms. The number of aliphatic carboxylic acids is 1. The molecular weight excluding hydrogens is 402 g/mol. The Kier molecular flexibility index (Phi) is 6.44. The summed E-state index contributed by atoms with van der Waals surface area (Å²) in [5, 5.41) is 50.6. The van der Waals surface area contributed by atoms with Crippen LogP contribution in [0.5, 0.6) is 11.5 Å². The minimum Gasteiger partial charge on any atom is -0.504 e. The van der Waals surface area contributed by atoms with Crippen LogP contribution in [0.2, 0.25) is 0 Å². The van der Waals surface area contributed by atoms with Gasteiger partial charge in [-0.1, -0.05) is 13.0 Å². The van der Waals surface area contributed by atoms with Crippen molar-refractivity contribution in [3.63, 3.8) is 0 Å². The van der Waals surface area contributed by atoms with Crippen LogP contribution in [0.25, 0.3) is 0 Å². The normalized spacial score (nSPS) is 35.8. The molecule has 1 aromatic carbocycles. The molecule has 4 rings (SSSR count). The summed E-state index contributed by atoms with van der Waals surface area (Å²) in [5.74, 6) is -1.83. The summed E-state index contributed by atoms with van der Waals surface area (Å²) in [5.41, 5.74) is 1.95. The molecule has 5 N–H and O–H groups in total. The molecule has 2 fully saturated rings. The molecule has 1 saturated heterocycles. The van der Waals surface area contributed by atoms with Crippen LogP contribution in [0, 0.1) is 11.8 Å². The number of ether oxygens (including phenoxy) is 1. The van der Waals surface area contributed by atoms with Crippen molar-refractivity contribution < 1.29 is 35.1 Å². The van der Waals surface area contributed by atoms with E-state index in [9.17, 15) is 30.3 Å². The van der Waals surface area contributed by atoms with Gasteiger partial charge in [0, 0.05) is 18.0 Å². The van der Waals surface area contributed by atoms with Gasteiger partial charge in [-0.05, 0) is 62.7 Å². The van der Waals surface area contributed by atoms with Crippen molar-refractivity contribution in [1.29, 1.82) is 0 Å².